The molecule has 0 bridgehead atoms. The van der Waals surface area contributed by atoms with Crippen molar-refractivity contribution < 1.29 is 22.7 Å². The van der Waals surface area contributed by atoms with Crippen LogP contribution < -0.4 is 10.1 Å². The van der Waals surface area contributed by atoms with Crippen molar-refractivity contribution in [3.05, 3.63) is 29.8 Å². The second-order valence-corrected chi connectivity index (χ2v) is 7.01. The molecule has 1 aromatic rings. The summed E-state index contributed by atoms with van der Waals surface area (Å²) in [5, 5.41) is 2.91. The number of alkyl halides is 3. The predicted octanol–water partition coefficient (Wildman–Crippen LogP) is 4.06. The molecule has 134 valence electrons. The van der Waals surface area contributed by atoms with Gasteiger partial charge in [-0.05, 0) is 45.0 Å². The van der Waals surface area contributed by atoms with Crippen molar-refractivity contribution >= 4 is 6.03 Å². The van der Waals surface area contributed by atoms with Gasteiger partial charge in [-0.15, -0.1) is 0 Å². The smallest absolute Gasteiger partial charge is 0.416 e. The molecule has 24 heavy (non-hydrogen) atoms. The molecule has 1 fully saturated rings. The number of nitrogens with zero attached hydrogens (tertiary/aromatic N) is 1. The van der Waals surface area contributed by atoms with Gasteiger partial charge in [0.2, 0.25) is 0 Å². The summed E-state index contributed by atoms with van der Waals surface area (Å²) in [7, 11) is 0. The minimum Gasteiger partial charge on any atom is -0.490 e. The van der Waals surface area contributed by atoms with Crippen molar-refractivity contribution in [3.63, 3.8) is 0 Å². The Morgan fingerprint density at radius 2 is 1.67 bits per heavy atom. The fourth-order valence-corrected chi connectivity index (χ4v) is 2.49. The van der Waals surface area contributed by atoms with E-state index < -0.39 is 11.7 Å². The average molecular weight is 344 g/mol. The molecule has 0 atom stereocenters. The fourth-order valence-electron chi connectivity index (χ4n) is 2.49. The molecule has 0 spiro atoms. The second-order valence-electron chi connectivity index (χ2n) is 7.01. The number of carbonyl (C=O) groups excluding carboxylic acids is 1. The monoisotopic (exact) mass is 344 g/mol. The van der Waals surface area contributed by atoms with Gasteiger partial charge in [-0.3, -0.25) is 0 Å². The first-order valence-electron chi connectivity index (χ1n) is 7.95. The van der Waals surface area contributed by atoms with E-state index in [2.05, 4.69) is 5.32 Å². The average Bonchev–Trinajstić information content (AvgIpc) is 2.46. The molecular weight excluding hydrogens is 321 g/mol. The number of hydrogen-bond acceptors (Lipinski definition) is 2. The van der Waals surface area contributed by atoms with Gasteiger partial charge in [0.15, 0.2) is 0 Å². The summed E-state index contributed by atoms with van der Waals surface area (Å²) in [6, 6.07) is 4.60. The molecule has 1 saturated heterocycles. The van der Waals surface area contributed by atoms with Gasteiger partial charge in [-0.2, -0.15) is 13.2 Å². The lowest BCUT2D eigenvalue weighted by atomic mass is 10.1. The van der Waals surface area contributed by atoms with E-state index in [1.165, 1.54) is 12.1 Å². The number of halogens is 3. The molecule has 1 N–H and O–H groups in total. The third-order valence-corrected chi connectivity index (χ3v) is 3.70. The molecular formula is C17H23F3N2O2. The van der Waals surface area contributed by atoms with Crippen LogP contribution in [-0.4, -0.2) is 35.7 Å². The minimum atomic E-state index is -4.34. The number of piperidine rings is 1. The Balaban J connectivity index is 1.84. The molecule has 2 amide bonds. The molecule has 0 unspecified atom stereocenters. The predicted molar refractivity (Wildman–Crippen MR) is 85.0 cm³/mol. The zero-order valence-corrected chi connectivity index (χ0v) is 14.1. The second kappa shape index (κ2) is 6.91. The first-order valence-corrected chi connectivity index (χ1v) is 7.95. The molecule has 1 heterocycles. The quantitative estimate of drug-likeness (QED) is 0.879. The Labute approximate surface area is 140 Å². The van der Waals surface area contributed by atoms with Crippen LogP contribution in [0.25, 0.3) is 0 Å². The van der Waals surface area contributed by atoms with Crippen molar-refractivity contribution in [1.29, 1.82) is 0 Å². The Bertz CT molecular complexity index is 557. The first-order chi connectivity index (χ1) is 11.0. The highest BCUT2D eigenvalue weighted by atomic mass is 19.4. The zero-order valence-electron chi connectivity index (χ0n) is 14.1. The third-order valence-electron chi connectivity index (χ3n) is 3.70. The molecule has 7 heteroatoms. The number of carbonyl (C=O) groups is 1. The van der Waals surface area contributed by atoms with Crippen LogP contribution in [0, 0.1) is 0 Å². The van der Waals surface area contributed by atoms with Gasteiger partial charge in [0.25, 0.3) is 0 Å². The van der Waals surface area contributed by atoms with Gasteiger partial charge in [0.05, 0.1) is 5.56 Å². The van der Waals surface area contributed by atoms with Crippen molar-refractivity contribution in [2.45, 2.75) is 51.4 Å². The maximum Gasteiger partial charge on any atom is 0.416 e. The van der Waals surface area contributed by atoms with Gasteiger partial charge >= 0.3 is 12.2 Å². The Kier molecular flexibility index (Phi) is 5.30. The van der Waals surface area contributed by atoms with E-state index in [4.69, 9.17) is 4.74 Å². The lowest BCUT2D eigenvalue weighted by Gasteiger charge is -2.34. The van der Waals surface area contributed by atoms with Gasteiger partial charge < -0.3 is 15.0 Å². The number of ether oxygens (including phenoxy) is 1. The number of urea groups is 1. The van der Waals surface area contributed by atoms with Crippen LogP contribution in [0.1, 0.15) is 39.2 Å². The van der Waals surface area contributed by atoms with Crippen molar-refractivity contribution in [3.8, 4) is 5.75 Å². The number of hydrogen-bond donors (Lipinski definition) is 1. The molecule has 4 nitrogen and oxygen atoms in total. The van der Waals surface area contributed by atoms with E-state index in [-0.39, 0.29) is 17.7 Å². The summed E-state index contributed by atoms with van der Waals surface area (Å²) in [4.78, 5) is 13.8. The Hall–Kier alpha value is -1.92. The van der Waals surface area contributed by atoms with Crippen LogP contribution in [0.2, 0.25) is 0 Å². The standard InChI is InChI=1S/C17H23F3N2O2/c1-16(2,3)21-15(23)22-10-8-14(9-11-22)24-13-6-4-12(5-7-13)17(18,19)20/h4-7,14H,8-11H2,1-3H3,(H,21,23). The lowest BCUT2D eigenvalue weighted by molar-refractivity contribution is -0.137. The fraction of sp³-hybridized carbons (Fsp3) is 0.588. The van der Waals surface area contributed by atoms with E-state index in [9.17, 15) is 18.0 Å². The van der Waals surface area contributed by atoms with Crippen LogP contribution in [0.15, 0.2) is 24.3 Å². The zero-order chi connectivity index (χ0) is 18.0. The largest absolute Gasteiger partial charge is 0.490 e. The molecule has 0 aromatic heterocycles. The molecule has 0 saturated carbocycles. The summed E-state index contributed by atoms with van der Waals surface area (Å²) in [5.41, 5.74) is -0.978. The third kappa shape index (κ3) is 5.32. The van der Waals surface area contributed by atoms with Crippen LogP contribution in [-0.2, 0) is 6.18 Å². The minimum absolute atomic E-state index is 0.0968. The van der Waals surface area contributed by atoms with Crippen LogP contribution >= 0.6 is 0 Å². The topological polar surface area (TPSA) is 41.6 Å². The highest BCUT2D eigenvalue weighted by molar-refractivity contribution is 5.75. The van der Waals surface area contributed by atoms with Gasteiger partial charge in [-0.25, -0.2) is 4.79 Å². The SMILES string of the molecule is CC(C)(C)NC(=O)N1CCC(Oc2ccc(C(F)(F)F)cc2)CC1. The summed E-state index contributed by atoms with van der Waals surface area (Å²) in [6.07, 6.45) is -3.14. The molecule has 2 rings (SSSR count). The highest BCUT2D eigenvalue weighted by Crippen LogP contribution is 2.30. The molecule has 1 aliphatic heterocycles. The normalized spacial score (nSPS) is 16.8. The number of likely N-dealkylation sites (tertiary alicyclic amines) is 1. The molecule has 0 aliphatic carbocycles. The number of rotatable bonds is 2. The van der Waals surface area contributed by atoms with Crippen molar-refractivity contribution in [2.75, 3.05) is 13.1 Å². The molecule has 1 aliphatic rings. The number of benzene rings is 1. The van der Waals surface area contributed by atoms with Crippen LogP contribution in [0.5, 0.6) is 5.75 Å². The van der Waals surface area contributed by atoms with E-state index in [1.807, 2.05) is 20.8 Å². The van der Waals surface area contributed by atoms with Crippen LogP contribution in [0.4, 0.5) is 18.0 Å². The Morgan fingerprint density at radius 3 is 2.12 bits per heavy atom. The van der Waals surface area contributed by atoms with E-state index >= 15 is 0 Å². The summed E-state index contributed by atoms with van der Waals surface area (Å²) < 4.78 is 43.3. The lowest BCUT2D eigenvalue weighted by Crippen LogP contribution is -2.51. The molecule has 0 radical (unpaired) electrons. The van der Waals surface area contributed by atoms with E-state index in [1.54, 1.807) is 4.90 Å². The van der Waals surface area contributed by atoms with Gasteiger partial charge in [0, 0.05) is 31.5 Å². The van der Waals surface area contributed by atoms with Gasteiger partial charge in [-0.1, -0.05) is 0 Å². The number of amides is 2. The molecule has 1 aromatic carbocycles. The van der Waals surface area contributed by atoms with Crippen molar-refractivity contribution in [2.24, 2.45) is 0 Å². The van der Waals surface area contributed by atoms with Crippen LogP contribution in [0.3, 0.4) is 0 Å². The highest BCUT2D eigenvalue weighted by Gasteiger charge is 2.30. The van der Waals surface area contributed by atoms with E-state index in [0.29, 0.717) is 31.7 Å². The Morgan fingerprint density at radius 1 is 1.12 bits per heavy atom. The summed E-state index contributed by atoms with van der Waals surface area (Å²) in [6.45, 7) is 6.89. The maximum absolute atomic E-state index is 12.5. The summed E-state index contributed by atoms with van der Waals surface area (Å²) in [5.74, 6) is 0.417. The van der Waals surface area contributed by atoms with Crippen molar-refractivity contribution in [1.82, 2.24) is 10.2 Å². The first kappa shape index (κ1) is 18.4. The maximum atomic E-state index is 12.5. The number of nitrogens with one attached hydrogen (secondary N) is 1. The van der Waals surface area contributed by atoms with E-state index in [0.717, 1.165) is 12.1 Å². The summed E-state index contributed by atoms with van der Waals surface area (Å²) >= 11 is 0. The van der Waals surface area contributed by atoms with Gasteiger partial charge in [0.1, 0.15) is 11.9 Å².